The molecular formula is C18H23N3O3S. The van der Waals surface area contributed by atoms with Crippen molar-refractivity contribution in [2.75, 3.05) is 26.2 Å². The van der Waals surface area contributed by atoms with E-state index in [9.17, 15) is 9.59 Å². The van der Waals surface area contributed by atoms with E-state index >= 15 is 0 Å². The molecule has 0 aromatic carbocycles. The molecule has 1 aliphatic heterocycles. The van der Waals surface area contributed by atoms with Crippen LogP contribution in [-0.4, -0.2) is 42.9 Å². The van der Waals surface area contributed by atoms with Gasteiger partial charge in [0.2, 0.25) is 0 Å². The Morgan fingerprint density at radius 3 is 2.64 bits per heavy atom. The van der Waals surface area contributed by atoms with Gasteiger partial charge in [-0.3, -0.25) is 9.59 Å². The lowest BCUT2D eigenvalue weighted by atomic mass is 9.95. The zero-order valence-corrected chi connectivity index (χ0v) is 14.9. The predicted octanol–water partition coefficient (Wildman–Crippen LogP) is 1.95. The van der Waals surface area contributed by atoms with Crippen LogP contribution >= 0.6 is 11.3 Å². The van der Waals surface area contributed by atoms with Crippen LogP contribution < -0.4 is 10.6 Å². The van der Waals surface area contributed by atoms with E-state index < -0.39 is 11.8 Å². The summed E-state index contributed by atoms with van der Waals surface area (Å²) in [5, 5.41) is 7.35. The van der Waals surface area contributed by atoms with E-state index in [1.54, 1.807) is 12.1 Å². The molecule has 0 spiro atoms. The van der Waals surface area contributed by atoms with Gasteiger partial charge in [-0.05, 0) is 55.4 Å². The number of amides is 2. The Morgan fingerprint density at radius 2 is 1.96 bits per heavy atom. The molecule has 2 aromatic heterocycles. The van der Waals surface area contributed by atoms with Crippen LogP contribution in [0.5, 0.6) is 0 Å². The van der Waals surface area contributed by atoms with Crippen LogP contribution in [0.2, 0.25) is 0 Å². The van der Waals surface area contributed by atoms with Crippen molar-refractivity contribution in [3.63, 3.8) is 0 Å². The molecule has 2 aromatic rings. The van der Waals surface area contributed by atoms with Gasteiger partial charge in [0, 0.05) is 18.0 Å². The standard InChI is InChI=1S/C18H23N3O3S/c22-17(18(23)20-13-15-3-1-11-24-15)19-7-10-21-8-5-14(6-9-21)16-4-2-12-25-16/h1-4,11-12,14H,5-10,13H2,(H,19,22)(H,20,23). The summed E-state index contributed by atoms with van der Waals surface area (Å²) < 4.78 is 5.11. The number of likely N-dealkylation sites (tertiary alicyclic amines) is 1. The Labute approximate surface area is 151 Å². The van der Waals surface area contributed by atoms with E-state index in [2.05, 4.69) is 33.0 Å². The third-order valence-corrected chi connectivity index (χ3v) is 5.49. The van der Waals surface area contributed by atoms with Crippen molar-refractivity contribution in [3.8, 4) is 0 Å². The monoisotopic (exact) mass is 361 g/mol. The van der Waals surface area contributed by atoms with Crippen LogP contribution in [0.1, 0.15) is 29.4 Å². The quantitative estimate of drug-likeness (QED) is 0.772. The van der Waals surface area contributed by atoms with Crippen molar-refractivity contribution in [1.29, 1.82) is 0 Å². The van der Waals surface area contributed by atoms with E-state index in [1.807, 2.05) is 11.3 Å². The summed E-state index contributed by atoms with van der Waals surface area (Å²) in [7, 11) is 0. The molecule has 0 atom stereocenters. The fraction of sp³-hybridized carbons (Fsp3) is 0.444. The molecule has 0 saturated carbocycles. The van der Waals surface area contributed by atoms with Crippen molar-refractivity contribution in [3.05, 3.63) is 46.5 Å². The molecule has 1 aliphatic rings. The minimum Gasteiger partial charge on any atom is -0.467 e. The van der Waals surface area contributed by atoms with Crippen LogP contribution in [0.15, 0.2) is 40.3 Å². The zero-order valence-electron chi connectivity index (χ0n) is 14.1. The lowest BCUT2D eigenvalue weighted by Crippen LogP contribution is -2.44. The van der Waals surface area contributed by atoms with E-state index in [0.717, 1.165) is 32.5 Å². The summed E-state index contributed by atoms with van der Waals surface area (Å²) in [5.74, 6) is 0.0563. The normalized spacial score (nSPS) is 15.8. The maximum Gasteiger partial charge on any atom is 0.309 e. The topological polar surface area (TPSA) is 74.6 Å². The van der Waals surface area contributed by atoms with Crippen LogP contribution in [0, 0.1) is 0 Å². The van der Waals surface area contributed by atoms with Gasteiger partial charge in [0.05, 0.1) is 12.8 Å². The number of nitrogens with zero attached hydrogens (tertiary/aromatic N) is 1. The molecule has 0 radical (unpaired) electrons. The number of hydrogen-bond acceptors (Lipinski definition) is 5. The second-order valence-electron chi connectivity index (χ2n) is 6.15. The average molecular weight is 361 g/mol. The van der Waals surface area contributed by atoms with Gasteiger partial charge < -0.3 is 20.0 Å². The van der Waals surface area contributed by atoms with Gasteiger partial charge in [-0.25, -0.2) is 0 Å². The predicted molar refractivity (Wildman–Crippen MR) is 96.3 cm³/mol. The number of thiophene rings is 1. The third-order valence-electron chi connectivity index (χ3n) is 4.46. The molecule has 134 valence electrons. The van der Waals surface area contributed by atoms with Crippen molar-refractivity contribution in [2.45, 2.75) is 25.3 Å². The minimum atomic E-state index is -0.632. The molecule has 7 heteroatoms. The summed E-state index contributed by atoms with van der Waals surface area (Å²) in [4.78, 5) is 27.3. The highest BCUT2D eigenvalue weighted by Crippen LogP contribution is 2.30. The third kappa shape index (κ3) is 5.17. The molecule has 3 heterocycles. The molecule has 0 bridgehead atoms. The lowest BCUT2D eigenvalue weighted by molar-refractivity contribution is -0.139. The number of nitrogens with one attached hydrogen (secondary N) is 2. The van der Waals surface area contributed by atoms with Gasteiger partial charge in [0.1, 0.15) is 5.76 Å². The van der Waals surface area contributed by atoms with Gasteiger partial charge in [-0.2, -0.15) is 0 Å². The molecule has 2 amide bonds. The smallest absolute Gasteiger partial charge is 0.309 e. The summed E-state index contributed by atoms with van der Waals surface area (Å²) in [6.45, 7) is 3.53. The van der Waals surface area contributed by atoms with Crippen molar-refractivity contribution < 1.29 is 14.0 Å². The SMILES string of the molecule is O=C(NCCN1CCC(c2cccs2)CC1)C(=O)NCc1ccco1. The molecule has 25 heavy (non-hydrogen) atoms. The number of hydrogen-bond donors (Lipinski definition) is 2. The molecule has 0 unspecified atom stereocenters. The van der Waals surface area contributed by atoms with Gasteiger partial charge in [0.15, 0.2) is 0 Å². The first-order chi connectivity index (χ1) is 12.2. The molecule has 6 nitrogen and oxygen atoms in total. The first kappa shape index (κ1) is 17.7. The lowest BCUT2D eigenvalue weighted by Gasteiger charge is -2.31. The van der Waals surface area contributed by atoms with Crippen molar-refractivity contribution in [2.24, 2.45) is 0 Å². The molecule has 1 saturated heterocycles. The maximum absolute atomic E-state index is 11.8. The number of furan rings is 1. The van der Waals surface area contributed by atoms with Crippen LogP contribution in [0.3, 0.4) is 0 Å². The van der Waals surface area contributed by atoms with E-state index in [4.69, 9.17) is 4.42 Å². The number of carbonyl (C=O) groups excluding carboxylic acids is 2. The van der Waals surface area contributed by atoms with Crippen molar-refractivity contribution in [1.82, 2.24) is 15.5 Å². The first-order valence-electron chi connectivity index (χ1n) is 8.56. The maximum atomic E-state index is 11.8. The van der Waals surface area contributed by atoms with Crippen LogP contribution in [-0.2, 0) is 16.1 Å². The minimum absolute atomic E-state index is 0.218. The Balaban J connectivity index is 1.30. The van der Waals surface area contributed by atoms with Crippen molar-refractivity contribution >= 4 is 23.2 Å². The van der Waals surface area contributed by atoms with E-state index in [1.165, 1.54) is 11.1 Å². The van der Waals surface area contributed by atoms with Gasteiger partial charge >= 0.3 is 11.8 Å². The Kier molecular flexibility index (Phi) is 6.25. The molecular weight excluding hydrogens is 338 g/mol. The Morgan fingerprint density at radius 1 is 1.16 bits per heavy atom. The largest absolute Gasteiger partial charge is 0.467 e. The molecule has 3 rings (SSSR count). The fourth-order valence-corrected chi connectivity index (χ4v) is 3.93. The molecule has 0 aliphatic carbocycles. The van der Waals surface area contributed by atoms with Crippen LogP contribution in [0.4, 0.5) is 0 Å². The summed E-state index contributed by atoms with van der Waals surface area (Å²) >= 11 is 1.83. The highest BCUT2D eigenvalue weighted by Gasteiger charge is 2.21. The number of piperidine rings is 1. The highest BCUT2D eigenvalue weighted by molar-refractivity contribution is 7.10. The number of rotatable bonds is 6. The molecule has 2 N–H and O–H groups in total. The first-order valence-corrected chi connectivity index (χ1v) is 9.44. The second kappa shape index (κ2) is 8.82. The summed E-state index contributed by atoms with van der Waals surface area (Å²) in [6.07, 6.45) is 3.83. The average Bonchev–Trinajstić information content (AvgIpc) is 3.34. The van der Waals surface area contributed by atoms with Gasteiger partial charge in [-0.15, -0.1) is 11.3 Å². The van der Waals surface area contributed by atoms with Gasteiger partial charge in [-0.1, -0.05) is 6.07 Å². The highest BCUT2D eigenvalue weighted by atomic mass is 32.1. The van der Waals surface area contributed by atoms with Gasteiger partial charge in [0.25, 0.3) is 0 Å². The zero-order chi connectivity index (χ0) is 17.5. The summed E-state index contributed by atoms with van der Waals surface area (Å²) in [5.41, 5.74) is 0. The summed E-state index contributed by atoms with van der Waals surface area (Å²) in [6, 6.07) is 7.81. The second-order valence-corrected chi connectivity index (χ2v) is 7.13. The Bertz CT molecular complexity index is 662. The van der Waals surface area contributed by atoms with Crippen LogP contribution in [0.25, 0.3) is 0 Å². The van der Waals surface area contributed by atoms with E-state index in [-0.39, 0.29) is 6.54 Å². The Hall–Kier alpha value is -2.12. The fourth-order valence-electron chi connectivity index (χ4n) is 3.03. The van der Waals surface area contributed by atoms with E-state index in [0.29, 0.717) is 18.2 Å². The molecule has 1 fully saturated rings. The number of carbonyl (C=O) groups is 2.